The molecule has 0 unspecified atom stereocenters. The minimum absolute atomic E-state index is 0.242. The van der Waals surface area contributed by atoms with Crippen molar-refractivity contribution in [3.63, 3.8) is 0 Å². The average Bonchev–Trinajstić information content (AvgIpc) is 2.87. The minimum atomic E-state index is -0.936. The molecule has 2 rings (SSSR count). The number of benzene rings is 1. The molecule has 19 heavy (non-hydrogen) atoms. The van der Waals surface area contributed by atoms with E-state index in [1.54, 1.807) is 18.2 Å². The number of carboxylic acids is 1. The molecular formula is C15H21NO3. The molecule has 0 atom stereocenters. The Labute approximate surface area is 114 Å². The van der Waals surface area contributed by atoms with Crippen LogP contribution in [0.3, 0.4) is 0 Å². The van der Waals surface area contributed by atoms with Gasteiger partial charge in [0, 0.05) is 6.54 Å². The third kappa shape index (κ3) is 3.96. The number of rotatable bonds is 6. The monoisotopic (exact) mass is 263 g/mol. The summed E-state index contributed by atoms with van der Waals surface area (Å²) in [6.07, 6.45) is 3.52. The van der Waals surface area contributed by atoms with E-state index in [1.807, 2.05) is 6.92 Å². The molecule has 0 amide bonds. The zero-order chi connectivity index (χ0) is 13.7. The number of hydrogen-bond donors (Lipinski definition) is 1. The average molecular weight is 263 g/mol. The predicted molar refractivity (Wildman–Crippen MR) is 73.9 cm³/mol. The van der Waals surface area contributed by atoms with Gasteiger partial charge in [-0.05, 0) is 57.0 Å². The fraction of sp³-hybridized carbons (Fsp3) is 0.533. The lowest BCUT2D eigenvalue weighted by molar-refractivity contribution is 0.0692. The summed E-state index contributed by atoms with van der Waals surface area (Å²) in [7, 11) is 0. The highest BCUT2D eigenvalue weighted by atomic mass is 16.5. The van der Waals surface area contributed by atoms with Crippen molar-refractivity contribution in [2.24, 2.45) is 0 Å². The van der Waals surface area contributed by atoms with Crippen LogP contribution in [0.5, 0.6) is 5.75 Å². The van der Waals surface area contributed by atoms with Gasteiger partial charge in [0.15, 0.2) is 0 Å². The summed E-state index contributed by atoms with van der Waals surface area (Å²) in [5, 5.41) is 9.10. The fourth-order valence-electron chi connectivity index (χ4n) is 2.40. The van der Waals surface area contributed by atoms with E-state index in [0.717, 1.165) is 18.5 Å². The topological polar surface area (TPSA) is 49.8 Å². The summed E-state index contributed by atoms with van der Waals surface area (Å²) >= 11 is 0. The normalized spacial score (nSPS) is 15.6. The van der Waals surface area contributed by atoms with Gasteiger partial charge in [0.2, 0.25) is 0 Å². The first kappa shape index (κ1) is 13.9. The van der Waals surface area contributed by atoms with E-state index < -0.39 is 5.97 Å². The van der Waals surface area contributed by atoms with Crippen LogP contribution in [-0.2, 0) is 0 Å². The number of nitrogens with zero attached hydrogens (tertiary/aromatic N) is 1. The van der Waals surface area contributed by atoms with Crippen molar-refractivity contribution in [2.45, 2.75) is 26.2 Å². The van der Waals surface area contributed by atoms with Crippen LogP contribution in [0.1, 0.15) is 35.2 Å². The number of carbonyl (C=O) groups is 1. The van der Waals surface area contributed by atoms with Crippen molar-refractivity contribution in [2.75, 3.05) is 26.2 Å². The molecule has 1 heterocycles. The zero-order valence-electron chi connectivity index (χ0n) is 11.4. The first-order valence-corrected chi connectivity index (χ1v) is 6.86. The lowest BCUT2D eigenvalue weighted by atomic mass is 10.1. The number of ether oxygens (including phenoxy) is 1. The van der Waals surface area contributed by atoms with Crippen molar-refractivity contribution >= 4 is 5.97 Å². The van der Waals surface area contributed by atoms with Gasteiger partial charge in [-0.2, -0.15) is 0 Å². The Morgan fingerprint density at radius 1 is 1.37 bits per heavy atom. The molecule has 1 aromatic carbocycles. The van der Waals surface area contributed by atoms with Crippen LogP contribution in [-0.4, -0.2) is 42.2 Å². The molecule has 104 valence electrons. The van der Waals surface area contributed by atoms with Crippen molar-refractivity contribution in [1.82, 2.24) is 4.90 Å². The summed E-state index contributed by atoms with van der Waals surface area (Å²) in [5.74, 6) is -0.455. The highest BCUT2D eigenvalue weighted by Gasteiger charge is 2.13. The van der Waals surface area contributed by atoms with E-state index in [2.05, 4.69) is 4.90 Å². The van der Waals surface area contributed by atoms with Gasteiger partial charge in [-0.3, -0.25) is 0 Å². The lowest BCUT2D eigenvalue weighted by Crippen LogP contribution is -2.22. The van der Waals surface area contributed by atoms with Crippen LogP contribution < -0.4 is 4.74 Å². The fourth-order valence-corrected chi connectivity index (χ4v) is 2.40. The maximum Gasteiger partial charge on any atom is 0.339 e. The SMILES string of the molecule is Cc1ccc(C(=O)O)c(OCCCN2CCCC2)c1. The summed E-state index contributed by atoms with van der Waals surface area (Å²) in [5.41, 5.74) is 1.26. The largest absolute Gasteiger partial charge is 0.493 e. The van der Waals surface area contributed by atoms with Crippen LogP contribution in [0.2, 0.25) is 0 Å². The number of likely N-dealkylation sites (tertiary alicyclic amines) is 1. The van der Waals surface area contributed by atoms with E-state index in [9.17, 15) is 4.79 Å². The molecule has 0 saturated carbocycles. The maximum absolute atomic E-state index is 11.1. The van der Waals surface area contributed by atoms with E-state index >= 15 is 0 Å². The van der Waals surface area contributed by atoms with Crippen molar-refractivity contribution in [3.8, 4) is 5.75 Å². The van der Waals surface area contributed by atoms with Crippen LogP contribution in [0.15, 0.2) is 18.2 Å². The molecule has 0 aliphatic carbocycles. The van der Waals surface area contributed by atoms with E-state index in [0.29, 0.717) is 12.4 Å². The third-order valence-electron chi connectivity index (χ3n) is 3.44. The van der Waals surface area contributed by atoms with Crippen molar-refractivity contribution in [1.29, 1.82) is 0 Å². The number of hydrogen-bond acceptors (Lipinski definition) is 3. The molecule has 1 saturated heterocycles. The Kier molecular flexibility index (Phi) is 4.80. The van der Waals surface area contributed by atoms with Gasteiger partial charge in [0.1, 0.15) is 11.3 Å². The van der Waals surface area contributed by atoms with Crippen LogP contribution in [0.25, 0.3) is 0 Å². The molecule has 4 heteroatoms. The molecule has 4 nitrogen and oxygen atoms in total. The van der Waals surface area contributed by atoms with Gasteiger partial charge in [-0.1, -0.05) is 6.07 Å². The summed E-state index contributed by atoms with van der Waals surface area (Å²) < 4.78 is 5.63. The molecule has 1 aliphatic heterocycles. The zero-order valence-corrected chi connectivity index (χ0v) is 11.4. The van der Waals surface area contributed by atoms with Crippen molar-refractivity contribution in [3.05, 3.63) is 29.3 Å². The first-order valence-electron chi connectivity index (χ1n) is 6.86. The number of carboxylic acid groups (broad SMARTS) is 1. The molecule has 0 aromatic heterocycles. The first-order chi connectivity index (χ1) is 9.16. The second-order valence-electron chi connectivity index (χ2n) is 5.06. The minimum Gasteiger partial charge on any atom is -0.493 e. The molecule has 1 aromatic rings. The quantitative estimate of drug-likeness (QED) is 0.801. The summed E-state index contributed by atoms with van der Waals surface area (Å²) in [4.78, 5) is 13.5. The Morgan fingerprint density at radius 2 is 2.11 bits per heavy atom. The van der Waals surface area contributed by atoms with Crippen molar-refractivity contribution < 1.29 is 14.6 Å². The Hall–Kier alpha value is -1.55. The van der Waals surface area contributed by atoms with E-state index in [1.165, 1.54) is 25.9 Å². The molecule has 1 fully saturated rings. The highest BCUT2D eigenvalue weighted by molar-refractivity contribution is 5.90. The molecule has 1 N–H and O–H groups in total. The molecular weight excluding hydrogens is 242 g/mol. The Bertz CT molecular complexity index is 439. The second kappa shape index (κ2) is 6.57. The third-order valence-corrected chi connectivity index (χ3v) is 3.44. The smallest absolute Gasteiger partial charge is 0.339 e. The number of aryl methyl sites for hydroxylation is 1. The predicted octanol–water partition coefficient (Wildman–Crippen LogP) is 2.56. The maximum atomic E-state index is 11.1. The molecule has 0 radical (unpaired) electrons. The molecule has 0 spiro atoms. The number of aromatic carboxylic acids is 1. The van der Waals surface area contributed by atoms with Gasteiger partial charge in [-0.25, -0.2) is 4.79 Å². The Balaban J connectivity index is 1.84. The molecule has 0 bridgehead atoms. The molecule has 1 aliphatic rings. The van der Waals surface area contributed by atoms with Crippen LogP contribution >= 0.6 is 0 Å². The Morgan fingerprint density at radius 3 is 2.79 bits per heavy atom. The van der Waals surface area contributed by atoms with Gasteiger partial charge in [0.05, 0.1) is 6.61 Å². The second-order valence-corrected chi connectivity index (χ2v) is 5.06. The van der Waals surface area contributed by atoms with Crippen LogP contribution in [0.4, 0.5) is 0 Å². The van der Waals surface area contributed by atoms with E-state index in [4.69, 9.17) is 9.84 Å². The summed E-state index contributed by atoms with van der Waals surface area (Å²) in [6, 6.07) is 5.19. The van der Waals surface area contributed by atoms with Gasteiger partial charge in [-0.15, -0.1) is 0 Å². The van der Waals surface area contributed by atoms with Crippen LogP contribution in [0, 0.1) is 6.92 Å². The van der Waals surface area contributed by atoms with Gasteiger partial charge >= 0.3 is 5.97 Å². The van der Waals surface area contributed by atoms with Gasteiger partial charge < -0.3 is 14.7 Å². The summed E-state index contributed by atoms with van der Waals surface area (Å²) in [6.45, 7) is 5.91. The highest BCUT2D eigenvalue weighted by Crippen LogP contribution is 2.20. The van der Waals surface area contributed by atoms with Gasteiger partial charge in [0.25, 0.3) is 0 Å². The standard InChI is InChI=1S/C15H21NO3/c1-12-5-6-13(15(17)18)14(11-12)19-10-4-9-16-7-2-3-8-16/h5-6,11H,2-4,7-10H2,1H3,(H,17,18). The van der Waals surface area contributed by atoms with E-state index in [-0.39, 0.29) is 5.56 Å². The lowest BCUT2D eigenvalue weighted by Gasteiger charge is -2.15.